The summed E-state index contributed by atoms with van der Waals surface area (Å²) >= 11 is 0. The van der Waals surface area contributed by atoms with Gasteiger partial charge in [-0.15, -0.1) is 0 Å². The van der Waals surface area contributed by atoms with E-state index in [0.717, 1.165) is 39.3 Å². The van der Waals surface area contributed by atoms with Gasteiger partial charge in [0, 0.05) is 51.3 Å². The van der Waals surface area contributed by atoms with Crippen molar-refractivity contribution in [3.8, 4) is 6.07 Å². The van der Waals surface area contributed by atoms with Crippen LogP contribution in [0.4, 0.5) is 0 Å². The molecule has 0 saturated carbocycles. The number of ketones is 1. The van der Waals surface area contributed by atoms with Crippen molar-refractivity contribution in [1.29, 1.82) is 5.26 Å². The van der Waals surface area contributed by atoms with Crippen molar-refractivity contribution in [2.45, 2.75) is 13.0 Å². The maximum Gasteiger partial charge on any atom is 0.164 e. The number of nitriles is 1. The van der Waals surface area contributed by atoms with Crippen LogP contribution < -0.4 is 0 Å². The molecule has 0 unspecified atom stereocenters. The third-order valence-electron chi connectivity index (χ3n) is 4.68. The summed E-state index contributed by atoms with van der Waals surface area (Å²) in [5.74, 6) is 0.115. The summed E-state index contributed by atoms with van der Waals surface area (Å²) in [6.07, 6.45) is 0.508. The second-order valence-corrected chi connectivity index (χ2v) is 6.47. The van der Waals surface area contributed by atoms with Gasteiger partial charge in [0.15, 0.2) is 5.78 Å². The van der Waals surface area contributed by atoms with Crippen molar-refractivity contribution in [2.24, 2.45) is 0 Å². The lowest BCUT2D eigenvalue weighted by molar-refractivity contribution is 0.0922. The van der Waals surface area contributed by atoms with E-state index in [2.05, 4.69) is 40.1 Å². The van der Waals surface area contributed by atoms with E-state index in [1.165, 1.54) is 5.56 Å². The lowest BCUT2D eigenvalue weighted by atomic mass is 10.1. The maximum atomic E-state index is 12.3. The van der Waals surface area contributed by atoms with E-state index in [1.54, 1.807) is 24.3 Å². The molecule has 4 nitrogen and oxygen atoms in total. The fourth-order valence-electron chi connectivity index (χ4n) is 3.18. The molecule has 25 heavy (non-hydrogen) atoms. The van der Waals surface area contributed by atoms with Crippen molar-refractivity contribution in [3.63, 3.8) is 0 Å². The second kappa shape index (κ2) is 8.57. The molecule has 0 N–H and O–H groups in total. The molecular weight excluding hydrogens is 310 g/mol. The van der Waals surface area contributed by atoms with E-state index in [4.69, 9.17) is 5.26 Å². The highest BCUT2D eigenvalue weighted by molar-refractivity contribution is 5.96. The van der Waals surface area contributed by atoms with Gasteiger partial charge in [-0.2, -0.15) is 5.26 Å². The highest BCUT2D eigenvalue weighted by Gasteiger charge is 2.18. The summed E-state index contributed by atoms with van der Waals surface area (Å²) in [5.41, 5.74) is 2.53. The average molecular weight is 333 g/mol. The van der Waals surface area contributed by atoms with Gasteiger partial charge in [-0.1, -0.05) is 42.5 Å². The number of benzene rings is 2. The predicted molar refractivity (Wildman–Crippen MR) is 98.3 cm³/mol. The average Bonchev–Trinajstić information content (AvgIpc) is 2.68. The Balaban J connectivity index is 1.43. The topological polar surface area (TPSA) is 47.3 Å². The fraction of sp³-hybridized carbons (Fsp3) is 0.333. The molecule has 1 saturated heterocycles. The quantitative estimate of drug-likeness (QED) is 0.763. The van der Waals surface area contributed by atoms with Crippen molar-refractivity contribution in [1.82, 2.24) is 9.80 Å². The van der Waals surface area contributed by atoms with Gasteiger partial charge in [0.1, 0.15) is 0 Å². The molecule has 1 aliphatic heterocycles. The SMILES string of the molecule is N#Cc1cccc(C(=O)CCN2CCN(Cc3ccccc3)CC2)c1. The number of hydrogen-bond donors (Lipinski definition) is 0. The minimum absolute atomic E-state index is 0.115. The molecule has 1 heterocycles. The number of carbonyl (C=O) groups is 1. The van der Waals surface area contributed by atoms with Crippen molar-refractivity contribution >= 4 is 5.78 Å². The summed E-state index contributed by atoms with van der Waals surface area (Å²) in [5, 5.41) is 8.93. The number of hydrogen-bond acceptors (Lipinski definition) is 4. The van der Waals surface area contributed by atoms with E-state index in [0.29, 0.717) is 17.5 Å². The first kappa shape index (κ1) is 17.3. The number of rotatable bonds is 6. The lowest BCUT2D eigenvalue weighted by Crippen LogP contribution is -2.46. The third-order valence-corrected chi connectivity index (χ3v) is 4.68. The monoisotopic (exact) mass is 333 g/mol. The molecule has 0 bridgehead atoms. The highest BCUT2D eigenvalue weighted by Crippen LogP contribution is 2.11. The number of piperazine rings is 1. The normalized spacial score (nSPS) is 15.6. The van der Waals surface area contributed by atoms with Crippen LogP contribution in [0.2, 0.25) is 0 Å². The van der Waals surface area contributed by atoms with Gasteiger partial charge in [-0.05, 0) is 17.7 Å². The van der Waals surface area contributed by atoms with Crippen LogP contribution in [0.3, 0.4) is 0 Å². The Hall–Kier alpha value is -2.48. The number of nitrogens with zero attached hydrogens (tertiary/aromatic N) is 3. The minimum Gasteiger partial charge on any atom is -0.300 e. The molecule has 0 spiro atoms. The number of Topliss-reactive ketones (excluding diaryl/α,β-unsaturated/α-hetero) is 1. The standard InChI is InChI=1S/C21H23N3O/c22-16-19-7-4-8-20(15-19)21(25)9-10-23-11-13-24(14-12-23)17-18-5-2-1-3-6-18/h1-8,15H,9-14,17H2. The van der Waals surface area contributed by atoms with E-state index in [-0.39, 0.29) is 5.78 Å². The van der Waals surface area contributed by atoms with Gasteiger partial charge in [0.25, 0.3) is 0 Å². The zero-order valence-corrected chi connectivity index (χ0v) is 14.4. The predicted octanol–water partition coefficient (Wildman–Crippen LogP) is 2.95. The van der Waals surface area contributed by atoms with Crippen LogP contribution in [0.25, 0.3) is 0 Å². The Morgan fingerprint density at radius 2 is 1.68 bits per heavy atom. The molecule has 0 radical (unpaired) electrons. The Bertz CT molecular complexity index is 743. The van der Waals surface area contributed by atoms with E-state index in [1.807, 2.05) is 6.07 Å². The van der Waals surface area contributed by atoms with Crippen LogP contribution in [0.1, 0.15) is 27.9 Å². The van der Waals surface area contributed by atoms with Gasteiger partial charge >= 0.3 is 0 Å². The van der Waals surface area contributed by atoms with Crippen LogP contribution in [-0.4, -0.2) is 48.3 Å². The molecule has 1 fully saturated rings. The number of carbonyl (C=O) groups excluding carboxylic acids is 1. The highest BCUT2D eigenvalue weighted by atomic mass is 16.1. The Morgan fingerprint density at radius 1 is 0.960 bits per heavy atom. The van der Waals surface area contributed by atoms with Gasteiger partial charge in [-0.3, -0.25) is 9.69 Å². The zero-order valence-electron chi connectivity index (χ0n) is 14.4. The van der Waals surface area contributed by atoms with Gasteiger partial charge in [0.05, 0.1) is 11.6 Å². The van der Waals surface area contributed by atoms with E-state index >= 15 is 0 Å². The molecule has 4 heteroatoms. The van der Waals surface area contributed by atoms with Crippen LogP contribution >= 0.6 is 0 Å². The molecule has 2 aromatic rings. The van der Waals surface area contributed by atoms with Gasteiger partial charge in [0.2, 0.25) is 0 Å². The maximum absolute atomic E-state index is 12.3. The first-order valence-electron chi connectivity index (χ1n) is 8.76. The molecule has 0 aromatic heterocycles. The van der Waals surface area contributed by atoms with Gasteiger partial charge in [-0.25, -0.2) is 0 Å². The molecule has 1 aliphatic rings. The first-order chi connectivity index (χ1) is 12.2. The second-order valence-electron chi connectivity index (χ2n) is 6.47. The van der Waals surface area contributed by atoms with Crippen molar-refractivity contribution < 1.29 is 4.79 Å². The minimum atomic E-state index is 0.115. The van der Waals surface area contributed by atoms with Crippen LogP contribution in [0, 0.1) is 11.3 Å². The first-order valence-corrected chi connectivity index (χ1v) is 8.76. The van der Waals surface area contributed by atoms with E-state index < -0.39 is 0 Å². The van der Waals surface area contributed by atoms with Crippen LogP contribution in [-0.2, 0) is 6.54 Å². The lowest BCUT2D eigenvalue weighted by Gasteiger charge is -2.34. The summed E-state index contributed by atoms with van der Waals surface area (Å²) in [4.78, 5) is 17.1. The smallest absolute Gasteiger partial charge is 0.164 e. The molecule has 0 atom stereocenters. The molecule has 0 aliphatic carbocycles. The van der Waals surface area contributed by atoms with Crippen molar-refractivity contribution in [3.05, 3.63) is 71.3 Å². The fourth-order valence-corrected chi connectivity index (χ4v) is 3.18. The van der Waals surface area contributed by atoms with Gasteiger partial charge < -0.3 is 4.90 Å². The summed E-state index contributed by atoms with van der Waals surface area (Å²) < 4.78 is 0. The Morgan fingerprint density at radius 3 is 2.40 bits per heavy atom. The third kappa shape index (κ3) is 4.99. The molecule has 128 valence electrons. The van der Waals surface area contributed by atoms with E-state index in [9.17, 15) is 4.79 Å². The van der Waals surface area contributed by atoms with Crippen LogP contribution in [0.5, 0.6) is 0 Å². The molecular formula is C21H23N3O. The molecule has 3 rings (SSSR count). The summed E-state index contributed by atoms with van der Waals surface area (Å²) in [6.45, 7) is 5.85. The molecule has 2 aromatic carbocycles. The molecule has 0 amide bonds. The Kier molecular flexibility index (Phi) is 5.95. The van der Waals surface area contributed by atoms with Crippen molar-refractivity contribution in [2.75, 3.05) is 32.7 Å². The Labute approximate surface area is 149 Å². The largest absolute Gasteiger partial charge is 0.300 e. The summed E-state index contributed by atoms with van der Waals surface area (Å²) in [7, 11) is 0. The van der Waals surface area contributed by atoms with Crippen LogP contribution in [0.15, 0.2) is 54.6 Å². The zero-order chi connectivity index (χ0) is 17.5. The summed E-state index contributed by atoms with van der Waals surface area (Å²) in [6, 6.07) is 19.6.